The van der Waals surface area contributed by atoms with Gasteiger partial charge in [0.2, 0.25) is 5.91 Å². The summed E-state index contributed by atoms with van der Waals surface area (Å²) >= 11 is 1.19. The van der Waals surface area contributed by atoms with Gasteiger partial charge in [-0.1, -0.05) is 11.8 Å². The molecule has 0 aliphatic heterocycles. The van der Waals surface area contributed by atoms with Crippen LogP contribution in [0.3, 0.4) is 0 Å². The van der Waals surface area contributed by atoms with E-state index in [4.69, 9.17) is 0 Å². The molecule has 0 bridgehead atoms. The molecule has 1 atom stereocenters. The first-order valence-electron chi connectivity index (χ1n) is 7.63. The van der Waals surface area contributed by atoms with Gasteiger partial charge in [-0.05, 0) is 31.2 Å². The fraction of sp³-hybridized carbons (Fsp3) is 0.188. The van der Waals surface area contributed by atoms with E-state index in [2.05, 4.69) is 25.7 Å². The third-order valence-corrected chi connectivity index (χ3v) is 4.64. The summed E-state index contributed by atoms with van der Waals surface area (Å²) in [5.74, 6) is -0.779. The van der Waals surface area contributed by atoms with Gasteiger partial charge in [-0.2, -0.15) is 5.10 Å². The molecular weight excluding hydrogens is 359 g/mol. The van der Waals surface area contributed by atoms with Crippen molar-refractivity contribution < 1.29 is 14.0 Å². The lowest BCUT2D eigenvalue weighted by atomic mass is 10.3. The Bertz CT molecular complexity index is 959. The minimum atomic E-state index is -0.570. The largest absolute Gasteiger partial charge is 0.341 e. The number of carbonyl (C=O) groups excluding carboxylic acids is 2. The summed E-state index contributed by atoms with van der Waals surface area (Å²) in [5, 5.41) is 9.49. The fourth-order valence-corrected chi connectivity index (χ4v) is 3.06. The molecule has 134 valence electrons. The molecule has 3 rings (SSSR count). The Morgan fingerprint density at radius 1 is 1.23 bits per heavy atom. The van der Waals surface area contributed by atoms with Crippen LogP contribution in [-0.4, -0.2) is 44.0 Å². The van der Waals surface area contributed by atoms with Crippen LogP contribution >= 0.6 is 11.8 Å². The minimum absolute atomic E-state index is 0.341. The zero-order valence-corrected chi connectivity index (χ0v) is 14.7. The van der Waals surface area contributed by atoms with Gasteiger partial charge in [-0.25, -0.2) is 23.8 Å². The number of imide groups is 1. The highest BCUT2D eigenvalue weighted by molar-refractivity contribution is 8.00. The molecule has 0 aliphatic rings. The van der Waals surface area contributed by atoms with Gasteiger partial charge in [0.05, 0.1) is 22.5 Å². The lowest BCUT2D eigenvalue weighted by Gasteiger charge is -2.10. The van der Waals surface area contributed by atoms with Gasteiger partial charge in [-0.3, -0.25) is 10.1 Å². The topological polar surface area (TPSA) is 102 Å². The van der Waals surface area contributed by atoms with E-state index in [1.165, 1.54) is 37.3 Å². The van der Waals surface area contributed by atoms with Crippen LogP contribution in [0, 0.1) is 5.82 Å². The van der Waals surface area contributed by atoms with Crippen molar-refractivity contribution in [3.63, 3.8) is 0 Å². The standard InChI is InChI=1S/C16H15FN6O2S/c1-9(14(24)22-16(25)18-2)26-15-12-7-21-23(13(12)19-8-20-15)11-5-3-10(17)4-6-11/h3-9H,1-2H3,(H2,18,22,24,25). The fourth-order valence-electron chi connectivity index (χ4n) is 2.18. The van der Waals surface area contributed by atoms with Gasteiger partial charge in [0.25, 0.3) is 0 Å². The third kappa shape index (κ3) is 3.64. The molecule has 1 aromatic carbocycles. The Balaban J connectivity index is 1.88. The Labute approximate surface area is 152 Å². The number of rotatable bonds is 4. The highest BCUT2D eigenvalue weighted by Crippen LogP contribution is 2.28. The summed E-state index contributed by atoms with van der Waals surface area (Å²) in [6.07, 6.45) is 2.96. The first kappa shape index (κ1) is 17.8. The predicted molar refractivity (Wildman–Crippen MR) is 94.5 cm³/mol. The Kier molecular flexibility index (Phi) is 5.12. The first-order chi connectivity index (χ1) is 12.5. The number of urea groups is 1. The second-order valence-corrected chi connectivity index (χ2v) is 6.61. The average Bonchev–Trinajstić information content (AvgIpc) is 3.07. The number of fused-ring (bicyclic) bond motifs is 1. The zero-order valence-electron chi connectivity index (χ0n) is 13.9. The number of amides is 3. The molecule has 0 spiro atoms. The highest BCUT2D eigenvalue weighted by Gasteiger charge is 2.20. The average molecular weight is 374 g/mol. The monoisotopic (exact) mass is 374 g/mol. The van der Waals surface area contributed by atoms with E-state index in [-0.39, 0.29) is 5.82 Å². The molecule has 26 heavy (non-hydrogen) atoms. The van der Waals surface area contributed by atoms with Gasteiger partial charge < -0.3 is 5.32 Å². The molecule has 3 amide bonds. The maximum Gasteiger partial charge on any atom is 0.321 e. The molecule has 0 saturated heterocycles. The smallest absolute Gasteiger partial charge is 0.321 e. The molecule has 1 unspecified atom stereocenters. The van der Waals surface area contributed by atoms with E-state index in [9.17, 15) is 14.0 Å². The zero-order chi connectivity index (χ0) is 18.7. The van der Waals surface area contributed by atoms with Crippen molar-refractivity contribution >= 4 is 34.7 Å². The van der Waals surface area contributed by atoms with Gasteiger partial charge in [0.15, 0.2) is 5.65 Å². The second-order valence-electron chi connectivity index (χ2n) is 5.28. The van der Waals surface area contributed by atoms with Crippen molar-refractivity contribution in [3.05, 3.63) is 42.6 Å². The van der Waals surface area contributed by atoms with Crippen LogP contribution in [0.5, 0.6) is 0 Å². The lowest BCUT2D eigenvalue weighted by Crippen LogP contribution is -2.41. The maximum absolute atomic E-state index is 13.1. The van der Waals surface area contributed by atoms with Crippen molar-refractivity contribution in [1.82, 2.24) is 30.4 Å². The molecule has 8 nitrogen and oxygen atoms in total. The van der Waals surface area contributed by atoms with Crippen LogP contribution in [0.15, 0.2) is 41.8 Å². The SMILES string of the molecule is CNC(=O)NC(=O)C(C)Sc1ncnc2c1cnn2-c1ccc(F)cc1. The number of hydrogen-bond donors (Lipinski definition) is 2. The molecule has 0 fully saturated rings. The van der Waals surface area contributed by atoms with Gasteiger partial charge >= 0.3 is 6.03 Å². The maximum atomic E-state index is 13.1. The van der Waals surface area contributed by atoms with E-state index in [0.29, 0.717) is 21.7 Å². The van der Waals surface area contributed by atoms with Crippen LogP contribution in [0.1, 0.15) is 6.92 Å². The van der Waals surface area contributed by atoms with Crippen LogP contribution in [-0.2, 0) is 4.79 Å². The number of hydrogen-bond acceptors (Lipinski definition) is 6. The second kappa shape index (κ2) is 7.48. The molecule has 0 radical (unpaired) electrons. The number of carbonyl (C=O) groups is 2. The van der Waals surface area contributed by atoms with E-state index in [1.807, 2.05) is 0 Å². The molecule has 0 aliphatic carbocycles. The minimum Gasteiger partial charge on any atom is -0.341 e. The van der Waals surface area contributed by atoms with Crippen molar-refractivity contribution in [2.24, 2.45) is 0 Å². The normalized spacial score (nSPS) is 12.0. The Hall–Kier alpha value is -3.01. The summed E-state index contributed by atoms with van der Waals surface area (Å²) in [6.45, 7) is 1.67. The van der Waals surface area contributed by atoms with Crippen LogP contribution in [0.25, 0.3) is 16.7 Å². The van der Waals surface area contributed by atoms with Crippen LogP contribution in [0.4, 0.5) is 9.18 Å². The number of nitrogens with one attached hydrogen (secondary N) is 2. The van der Waals surface area contributed by atoms with Crippen molar-refractivity contribution in [3.8, 4) is 5.69 Å². The molecule has 2 heterocycles. The van der Waals surface area contributed by atoms with Gasteiger partial charge in [0, 0.05) is 7.05 Å². The van der Waals surface area contributed by atoms with Crippen molar-refractivity contribution in [1.29, 1.82) is 0 Å². The lowest BCUT2D eigenvalue weighted by molar-refractivity contribution is -0.119. The number of benzene rings is 1. The summed E-state index contributed by atoms with van der Waals surface area (Å²) in [4.78, 5) is 31.7. The molecular formula is C16H15FN6O2S. The summed E-state index contributed by atoms with van der Waals surface area (Å²) in [5.41, 5.74) is 1.19. The van der Waals surface area contributed by atoms with E-state index in [0.717, 1.165) is 0 Å². The molecule has 2 N–H and O–H groups in total. The summed E-state index contributed by atoms with van der Waals surface area (Å²) in [7, 11) is 1.43. The summed E-state index contributed by atoms with van der Waals surface area (Å²) < 4.78 is 14.7. The number of aromatic nitrogens is 4. The molecule has 3 aromatic rings. The molecule has 2 aromatic heterocycles. The number of thioether (sulfide) groups is 1. The van der Waals surface area contributed by atoms with Gasteiger partial charge in [-0.15, -0.1) is 0 Å². The highest BCUT2D eigenvalue weighted by atomic mass is 32.2. The molecule has 10 heteroatoms. The van der Waals surface area contributed by atoms with Crippen molar-refractivity contribution in [2.45, 2.75) is 17.2 Å². The number of nitrogens with zero attached hydrogens (tertiary/aromatic N) is 4. The number of halogens is 1. The third-order valence-electron chi connectivity index (χ3n) is 3.52. The van der Waals surface area contributed by atoms with Crippen LogP contribution in [0.2, 0.25) is 0 Å². The Morgan fingerprint density at radius 3 is 2.65 bits per heavy atom. The van der Waals surface area contributed by atoms with E-state index < -0.39 is 17.2 Å². The van der Waals surface area contributed by atoms with E-state index >= 15 is 0 Å². The van der Waals surface area contributed by atoms with Crippen molar-refractivity contribution in [2.75, 3.05) is 7.05 Å². The first-order valence-corrected chi connectivity index (χ1v) is 8.51. The Morgan fingerprint density at radius 2 is 1.96 bits per heavy atom. The molecule has 0 saturated carbocycles. The van der Waals surface area contributed by atoms with E-state index in [1.54, 1.807) is 29.9 Å². The quantitative estimate of drug-likeness (QED) is 0.534. The predicted octanol–water partition coefficient (Wildman–Crippen LogP) is 1.89. The van der Waals surface area contributed by atoms with Gasteiger partial charge in [0.1, 0.15) is 17.2 Å². The summed E-state index contributed by atoms with van der Waals surface area (Å²) in [6, 6.07) is 5.29. The van der Waals surface area contributed by atoms with Crippen LogP contribution < -0.4 is 10.6 Å².